The van der Waals surface area contributed by atoms with Crippen LogP contribution >= 0.6 is 11.6 Å². The lowest BCUT2D eigenvalue weighted by atomic mass is 9.85. The molecule has 1 fully saturated rings. The molecule has 2 N–H and O–H groups in total. The maximum absolute atomic E-state index is 9.13. The minimum absolute atomic E-state index is 0.308. The number of nitrogens with one attached hydrogen (secondary N) is 1. The normalized spacial score (nSPS) is 29.7. The number of aliphatic hydroxyl groups is 1. The summed E-state index contributed by atoms with van der Waals surface area (Å²) in [4.78, 5) is 0. The zero-order valence-electron chi connectivity index (χ0n) is 7.88. The Bertz CT molecular complexity index is 161. The molecule has 0 heterocycles. The predicted molar refractivity (Wildman–Crippen MR) is 55.8 cm³/mol. The molecule has 0 aromatic carbocycles. The highest BCUT2D eigenvalue weighted by atomic mass is 35.5. The smallest absolute Gasteiger partial charge is 0.0474 e. The fourth-order valence-corrected chi connectivity index (χ4v) is 2.05. The van der Waals surface area contributed by atoms with E-state index in [0.29, 0.717) is 18.6 Å². The van der Waals surface area contributed by atoms with Crippen LogP contribution in [0.25, 0.3) is 0 Å². The Hall–Kier alpha value is -0.0500. The first-order chi connectivity index (χ1) is 6.38. The van der Waals surface area contributed by atoms with Gasteiger partial charge in [-0.3, -0.25) is 0 Å². The molecule has 1 aliphatic rings. The van der Waals surface area contributed by atoms with Crippen molar-refractivity contribution >= 4 is 11.6 Å². The average molecular weight is 204 g/mol. The third-order valence-corrected chi connectivity index (χ3v) is 2.91. The second kappa shape index (κ2) is 6.41. The zero-order valence-corrected chi connectivity index (χ0v) is 8.63. The zero-order chi connectivity index (χ0) is 9.52. The van der Waals surface area contributed by atoms with Crippen molar-refractivity contribution in [3.8, 4) is 0 Å². The summed E-state index contributed by atoms with van der Waals surface area (Å²) >= 11 is 5.42. The van der Waals surface area contributed by atoms with Gasteiger partial charge in [-0.25, -0.2) is 0 Å². The molecule has 0 bridgehead atoms. The highest BCUT2D eigenvalue weighted by Gasteiger charge is 2.23. The Morgan fingerprint density at radius 2 is 2.15 bits per heavy atom. The second-order valence-electron chi connectivity index (χ2n) is 3.60. The lowest BCUT2D eigenvalue weighted by molar-refractivity contribution is 0.155. The average Bonchev–Trinajstić information content (AvgIpc) is 2.19. The summed E-state index contributed by atoms with van der Waals surface area (Å²) < 4.78 is 0. The van der Waals surface area contributed by atoms with Gasteiger partial charge in [0.2, 0.25) is 0 Å². The van der Waals surface area contributed by atoms with Crippen LogP contribution in [0.5, 0.6) is 0 Å². The second-order valence-corrected chi connectivity index (χ2v) is 3.86. The van der Waals surface area contributed by atoms with E-state index in [2.05, 4.69) is 5.32 Å². The van der Waals surface area contributed by atoms with Crippen molar-refractivity contribution in [3.63, 3.8) is 0 Å². The molecule has 0 spiro atoms. The fraction of sp³-hybridized carbons (Fsp3) is 0.800. The molecular weight excluding hydrogens is 186 g/mol. The molecule has 3 heteroatoms. The van der Waals surface area contributed by atoms with Gasteiger partial charge in [-0.2, -0.15) is 0 Å². The molecule has 0 aromatic heterocycles. The summed E-state index contributed by atoms with van der Waals surface area (Å²) in [6.45, 7) is 1.12. The Morgan fingerprint density at radius 3 is 2.85 bits per heavy atom. The molecule has 1 aliphatic carbocycles. The summed E-state index contributed by atoms with van der Waals surface area (Å²) in [7, 11) is 0. The van der Waals surface area contributed by atoms with E-state index in [1.165, 1.54) is 24.8 Å². The Balaban J connectivity index is 2.27. The first-order valence-corrected chi connectivity index (χ1v) is 5.41. The maximum atomic E-state index is 9.13. The molecule has 0 aromatic rings. The Labute approximate surface area is 85.0 Å². The van der Waals surface area contributed by atoms with Gasteiger partial charge in [0.15, 0.2) is 0 Å². The van der Waals surface area contributed by atoms with Crippen LogP contribution in [0.2, 0.25) is 0 Å². The van der Waals surface area contributed by atoms with Crippen LogP contribution in [-0.4, -0.2) is 24.3 Å². The number of rotatable bonds is 4. The van der Waals surface area contributed by atoms with Crippen LogP contribution in [0.1, 0.15) is 25.7 Å². The first-order valence-electron chi connectivity index (χ1n) is 4.98. The van der Waals surface area contributed by atoms with Gasteiger partial charge in [-0.05, 0) is 18.8 Å². The molecule has 2 atom stereocenters. The van der Waals surface area contributed by atoms with Gasteiger partial charge >= 0.3 is 0 Å². The highest BCUT2D eigenvalue weighted by Crippen LogP contribution is 2.23. The Kier molecular flexibility index (Phi) is 5.44. The molecule has 0 amide bonds. The maximum Gasteiger partial charge on any atom is 0.0474 e. The van der Waals surface area contributed by atoms with E-state index in [4.69, 9.17) is 16.7 Å². The van der Waals surface area contributed by atoms with E-state index in [0.717, 1.165) is 13.0 Å². The summed E-state index contributed by atoms with van der Waals surface area (Å²) in [5.41, 5.74) is 1.53. The van der Waals surface area contributed by atoms with E-state index in [1.807, 2.05) is 6.08 Å². The van der Waals surface area contributed by atoms with Crippen LogP contribution in [0.4, 0.5) is 0 Å². The molecule has 0 aliphatic heterocycles. The van der Waals surface area contributed by atoms with Crippen molar-refractivity contribution in [2.75, 3.05) is 13.2 Å². The SMILES string of the molecule is OCC1CCCCC1NC/C=C/Cl. The molecule has 76 valence electrons. The molecule has 1 saturated carbocycles. The highest BCUT2D eigenvalue weighted by molar-refractivity contribution is 6.25. The van der Waals surface area contributed by atoms with Crippen molar-refractivity contribution in [1.29, 1.82) is 0 Å². The van der Waals surface area contributed by atoms with E-state index in [9.17, 15) is 0 Å². The molecule has 0 saturated heterocycles. The van der Waals surface area contributed by atoms with Crippen molar-refractivity contribution < 1.29 is 5.11 Å². The molecule has 0 radical (unpaired) electrons. The van der Waals surface area contributed by atoms with Crippen molar-refractivity contribution in [2.24, 2.45) is 5.92 Å². The largest absolute Gasteiger partial charge is 0.396 e. The van der Waals surface area contributed by atoms with Gasteiger partial charge in [0.05, 0.1) is 0 Å². The van der Waals surface area contributed by atoms with Crippen LogP contribution in [0.3, 0.4) is 0 Å². The van der Waals surface area contributed by atoms with Crippen LogP contribution in [0, 0.1) is 5.92 Å². The van der Waals surface area contributed by atoms with E-state index in [1.54, 1.807) is 0 Å². The standard InChI is InChI=1S/C10H18ClNO/c11-6-3-7-12-10-5-2-1-4-9(10)8-13/h3,6,9-10,12-13H,1-2,4-5,7-8H2/b6-3+. The predicted octanol–water partition coefficient (Wildman–Crippen LogP) is 1.88. The van der Waals surface area contributed by atoms with Gasteiger partial charge in [0, 0.05) is 24.7 Å². The third kappa shape index (κ3) is 3.67. The van der Waals surface area contributed by atoms with E-state index < -0.39 is 0 Å². The molecule has 2 unspecified atom stereocenters. The summed E-state index contributed by atoms with van der Waals surface area (Å²) in [6.07, 6.45) is 6.76. The Morgan fingerprint density at radius 1 is 1.38 bits per heavy atom. The van der Waals surface area contributed by atoms with Gasteiger partial charge in [0.25, 0.3) is 0 Å². The topological polar surface area (TPSA) is 32.3 Å². The number of hydrogen-bond acceptors (Lipinski definition) is 2. The van der Waals surface area contributed by atoms with E-state index >= 15 is 0 Å². The lowest BCUT2D eigenvalue weighted by Crippen LogP contribution is -2.40. The molecular formula is C10H18ClNO. The van der Waals surface area contributed by atoms with Crippen molar-refractivity contribution in [2.45, 2.75) is 31.7 Å². The number of hydrogen-bond donors (Lipinski definition) is 2. The van der Waals surface area contributed by atoms with Crippen LogP contribution in [-0.2, 0) is 0 Å². The van der Waals surface area contributed by atoms with Gasteiger partial charge in [-0.15, -0.1) is 0 Å². The summed E-state index contributed by atoms with van der Waals surface area (Å²) in [5.74, 6) is 0.442. The van der Waals surface area contributed by atoms with E-state index in [-0.39, 0.29) is 0 Å². The van der Waals surface area contributed by atoms with Crippen molar-refractivity contribution in [1.82, 2.24) is 5.32 Å². The summed E-state index contributed by atoms with van der Waals surface area (Å²) in [5, 5.41) is 12.5. The van der Waals surface area contributed by atoms with Gasteiger partial charge in [-0.1, -0.05) is 30.5 Å². The van der Waals surface area contributed by atoms with Crippen LogP contribution < -0.4 is 5.32 Å². The molecule has 2 nitrogen and oxygen atoms in total. The number of halogens is 1. The monoisotopic (exact) mass is 203 g/mol. The third-order valence-electron chi connectivity index (χ3n) is 2.73. The minimum Gasteiger partial charge on any atom is -0.396 e. The fourth-order valence-electron chi connectivity index (χ4n) is 1.96. The van der Waals surface area contributed by atoms with Crippen molar-refractivity contribution in [3.05, 3.63) is 11.6 Å². The van der Waals surface area contributed by atoms with Gasteiger partial charge in [0.1, 0.15) is 0 Å². The quantitative estimate of drug-likeness (QED) is 0.732. The molecule has 13 heavy (non-hydrogen) atoms. The van der Waals surface area contributed by atoms with Crippen LogP contribution in [0.15, 0.2) is 11.6 Å². The summed E-state index contributed by atoms with van der Waals surface area (Å²) in [6, 6.07) is 0.478. The first kappa shape index (κ1) is 11.0. The minimum atomic E-state index is 0.308. The molecule has 1 rings (SSSR count). The lowest BCUT2D eigenvalue weighted by Gasteiger charge is -2.30. The number of aliphatic hydroxyl groups excluding tert-OH is 1. The van der Waals surface area contributed by atoms with Gasteiger partial charge < -0.3 is 10.4 Å².